The largest absolute Gasteiger partial charge is 0.480 e. The van der Waals surface area contributed by atoms with Gasteiger partial charge in [-0.1, -0.05) is 140 Å². The van der Waals surface area contributed by atoms with Crippen LogP contribution in [0.5, 0.6) is 0 Å². The van der Waals surface area contributed by atoms with E-state index in [1.807, 2.05) is 6.08 Å². The fourth-order valence-corrected chi connectivity index (χ4v) is 6.04. The van der Waals surface area contributed by atoms with E-state index in [2.05, 4.69) is 60.9 Å². The first-order chi connectivity index (χ1) is 26.1. The Kier molecular flexibility index (Phi) is 35.6. The molecule has 0 radical (unpaired) electrons. The first-order valence-corrected chi connectivity index (χ1v) is 22.2. The van der Waals surface area contributed by atoms with Crippen LogP contribution >= 0.6 is 7.82 Å². The highest BCUT2D eigenvalue weighted by Crippen LogP contribution is 2.43. The molecule has 0 rings (SSSR count). The Bertz CT molecular complexity index is 1110. The maximum Gasteiger partial charge on any atom is 0.472 e. The van der Waals surface area contributed by atoms with Gasteiger partial charge in [-0.3, -0.25) is 23.4 Å². The van der Waals surface area contributed by atoms with Crippen molar-refractivity contribution in [2.45, 2.75) is 180 Å². The normalized spacial score (nSPS) is 14.3. The Hall–Kier alpha value is -2.56. The zero-order valence-electron chi connectivity index (χ0n) is 33.6. The van der Waals surface area contributed by atoms with E-state index >= 15 is 0 Å². The summed E-state index contributed by atoms with van der Waals surface area (Å²) in [5.74, 6) is -2.49. The van der Waals surface area contributed by atoms with Crippen LogP contribution in [0.15, 0.2) is 48.6 Å². The Morgan fingerprint density at radius 1 is 0.574 bits per heavy atom. The Morgan fingerprint density at radius 3 is 1.59 bits per heavy atom. The van der Waals surface area contributed by atoms with E-state index in [-0.39, 0.29) is 19.4 Å². The SMILES string of the molecule is CCCCC/C=C/C/C=C/C/C=C/CCCCC(=O)O[C@H](COC(=O)CC/C=C/CCCCCCCCCCCCC)COP(=O)(O)OC[C@H](N)C(=O)O. The van der Waals surface area contributed by atoms with Gasteiger partial charge in [0, 0.05) is 12.8 Å². The number of phosphoric ester groups is 1. The molecule has 0 saturated heterocycles. The summed E-state index contributed by atoms with van der Waals surface area (Å²) in [6, 6.07) is -1.53. The van der Waals surface area contributed by atoms with Crippen molar-refractivity contribution in [3.63, 3.8) is 0 Å². The van der Waals surface area contributed by atoms with Crippen LogP contribution in [0.25, 0.3) is 0 Å². The highest BCUT2D eigenvalue weighted by molar-refractivity contribution is 7.47. The Balaban J connectivity index is 4.51. The third-order valence-corrected chi connectivity index (χ3v) is 9.51. The van der Waals surface area contributed by atoms with Crippen LogP contribution < -0.4 is 5.73 Å². The van der Waals surface area contributed by atoms with Crippen molar-refractivity contribution >= 4 is 25.7 Å². The van der Waals surface area contributed by atoms with Crippen molar-refractivity contribution in [2.24, 2.45) is 5.73 Å². The molecule has 0 aliphatic rings. The summed E-state index contributed by atoms with van der Waals surface area (Å²) in [4.78, 5) is 45.8. The number of hydrogen-bond donors (Lipinski definition) is 3. The topological polar surface area (TPSA) is 172 Å². The standard InChI is InChI=1S/C42H74NO10P/c1-3-5-7-9-11-13-15-17-19-21-23-25-27-29-31-33-40(44)50-35-38(36-51-54(48,49)52-37-39(43)42(46)47)53-41(45)34-32-30-28-26-24-22-20-18-16-14-12-10-8-6-4-2/h12,14,18,20,24,26-27,29,38-39H,3-11,13,15-17,19,21-23,25,28,30-37,43H2,1-2H3,(H,46,47)(H,48,49)/b14-12+,20-18+,26-24+,29-27+/t38-,39+/m1/s1. The van der Waals surface area contributed by atoms with Crippen molar-refractivity contribution in [3.05, 3.63) is 48.6 Å². The molecule has 0 aliphatic heterocycles. The van der Waals surface area contributed by atoms with Crippen molar-refractivity contribution in [3.8, 4) is 0 Å². The number of rotatable bonds is 38. The van der Waals surface area contributed by atoms with Gasteiger partial charge in [0.25, 0.3) is 0 Å². The third kappa shape index (κ3) is 36.4. The Morgan fingerprint density at radius 2 is 1.02 bits per heavy atom. The number of ether oxygens (including phenoxy) is 2. The first kappa shape index (κ1) is 51.4. The highest BCUT2D eigenvalue weighted by Gasteiger charge is 2.28. The average Bonchev–Trinajstić information content (AvgIpc) is 3.14. The molecule has 11 nitrogen and oxygen atoms in total. The lowest BCUT2D eigenvalue weighted by atomic mass is 10.1. The lowest BCUT2D eigenvalue weighted by Gasteiger charge is -2.20. The molecule has 0 saturated carbocycles. The van der Waals surface area contributed by atoms with Gasteiger partial charge in [-0.2, -0.15) is 0 Å². The second-order valence-corrected chi connectivity index (χ2v) is 15.2. The maximum absolute atomic E-state index is 12.6. The number of carbonyl (C=O) groups excluding carboxylic acids is 2. The van der Waals surface area contributed by atoms with Crippen molar-refractivity contribution < 1.29 is 47.5 Å². The molecule has 3 atom stereocenters. The summed E-state index contributed by atoms with van der Waals surface area (Å²) >= 11 is 0. The fourth-order valence-electron chi connectivity index (χ4n) is 5.26. The highest BCUT2D eigenvalue weighted by atomic mass is 31.2. The molecule has 0 heterocycles. The molecule has 0 aromatic carbocycles. The number of esters is 2. The summed E-state index contributed by atoms with van der Waals surface area (Å²) < 4.78 is 32.5. The first-order valence-electron chi connectivity index (χ1n) is 20.7. The molecule has 0 aromatic rings. The molecule has 0 aliphatic carbocycles. The number of nitrogens with two attached hydrogens (primary N) is 1. The molecule has 0 bridgehead atoms. The van der Waals surface area contributed by atoms with Crippen molar-refractivity contribution in [1.29, 1.82) is 0 Å². The minimum Gasteiger partial charge on any atom is -0.480 e. The third-order valence-electron chi connectivity index (χ3n) is 8.56. The van der Waals surface area contributed by atoms with E-state index in [0.717, 1.165) is 44.9 Å². The number of phosphoric acid groups is 1. The van der Waals surface area contributed by atoms with E-state index in [1.165, 1.54) is 83.5 Å². The fraction of sp³-hybridized carbons (Fsp3) is 0.738. The quantitative estimate of drug-likeness (QED) is 0.0235. The van der Waals surface area contributed by atoms with Gasteiger partial charge >= 0.3 is 25.7 Å². The lowest BCUT2D eigenvalue weighted by Crippen LogP contribution is -2.34. The number of carbonyl (C=O) groups is 3. The number of allylic oxidation sites excluding steroid dienone is 8. The van der Waals surface area contributed by atoms with Crippen LogP contribution in [0.4, 0.5) is 0 Å². The molecule has 1 unspecified atom stereocenters. The molecule has 0 amide bonds. The molecular formula is C42H74NO10P. The Labute approximate surface area is 326 Å². The summed E-state index contributed by atoms with van der Waals surface area (Å²) in [6.07, 6.45) is 40.5. The summed E-state index contributed by atoms with van der Waals surface area (Å²) in [7, 11) is -4.73. The van der Waals surface area contributed by atoms with Crippen molar-refractivity contribution in [2.75, 3.05) is 19.8 Å². The molecule has 312 valence electrons. The smallest absolute Gasteiger partial charge is 0.472 e. The van der Waals surface area contributed by atoms with Crippen LogP contribution in [0.3, 0.4) is 0 Å². The zero-order valence-corrected chi connectivity index (χ0v) is 34.4. The van der Waals surface area contributed by atoms with Gasteiger partial charge in [0.05, 0.1) is 13.2 Å². The van der Waals surface area contributed by atoms with E-state index in [4.69, 9.17) is 24.8 Å². The monoisotopic (exact) mass is 784 g/mol. The molecule has 54 heavy (non-hydrogen) atoms. The number of carboxylic acid groups (broad SMARTS) is 1. The van der Waals surface area contributed by atoms with Gasteiger partial charge in [0.1, 0.15) is 12.6 Å². The van der Waals surface area contributed by atoms with Crippen molar-refractivity contribution in [1.82, 2.24) is 0 Å². The van der Waals surface area contributed by atoms with E-state index in [1.54, 1.807) is 0 Å². The second kappa shape index (κ2) is 37.4. The number of carboxylic acids is 1. The molecule has 0 spiro atoms. The molecular weight excluding hydrogens is 709 g/mol. The minimum atomic E-state index is -4.73. The predicted octanol–water partition coefficient (Wildman–Crippen LogP) is 10.6. The van der Waals surface area contributed by atoms with Gasteiger partial charge in [-0.25, -0.2) is 4.57 Å². The summed E-state index contributed by atoms with van der Waals surface area (Å²) in [5.41, 5.74) is 5.32. The van der Waals surface area contributed by atoms with Crippen LogP contribution in [-0.4, -0.2) is 59.9 Å². The number of unbranched alkanes of at least 4 members (excludes halogenated alkanes) is 16. The van der Waals surface area contributed by atoms with E-state index < -0.39 is 51.1 Å². The van der Waals surface area contributed by atoms with Gasteiger partial charge < -0.3 is 25.2 Å². The minimum absolute atomic E-state index is 0.105. The summed E-state index contributed by atoms with van der Waals surface area (Å²) in [5, 5.41) is 8.87. The van der Waals surface area contributed by atoms with Crippen LogP contribution in [0.2, 0.25) is 0 Å². The van der Waals surface area contributed by atoms with Crippen LogP contribution in [-0.2, 0) is 37.5 Å². The van der Waals surface area contributed by atoms with Gasteiger partial charge in [0.15, 0.2) is 6.10 Å². The number of hydrogen-bond acceptors (Lipinski definition) is 9. The lowest BCUT2D eigenvalue weighted by molar-refractivity contribution is -0.161. The molecule has 0 aromatic heterocycles. The summed E-state index contributed by atoms with van der Waals surface area (Å²) in [6.45, 7) is 2.68. The van der Waals surface area contributed by atoms with E-state index in [9.17, 15) is 23.8 Å². The molecule has 4 N–H and O–H groups in total. The number of aliphatic carboxylic acids is 1. The zero-order chi connectivity index (χ0) is 40.0. The molecule has 0 fully saturated rings. The van der Waals surface area contributed by atoms with Crippen LogP contribution in [0, 0.1) is 0 Å². The average molecular weight is 784 g/mol. The van der Waals surface area contributed by atoms with Gasteiger partial charge in [-0.05, 0) is 64.2 Å². The predicted molar refractivity (Wildman–Crippen MR) is 217 cm³/mol. The molecule has 12 heteroatoms. The van der Waals surface area contributed by atoms with Crippen LogP contribution in [0.1, 0.15) is 168 Å². The maximum atomic E-state index is 12.6. The van der Waals surface area contributed by atoms with E-state index in [0.29, 0.717) is 12.8 Å². The van der Waals surface area contributed by atoms with Gasteiger partial charge in [-0.15, -0.1) is 0 Å². The van der Waals surface area contributed by atoms with Gasteiger partial charge in [0.2, 0.25) is 0 Å². The second-order valence-electron chi connectivity index (χ2n) is 13.8.